The molecule has 0 aliphatic rings. The van der Waals surface area contributed by atoms with E-state index in [2.05, 4.69) is 14.7 Å². The summed E-state index contributed by atoms with van der Waals surface area (Å²) < 4.78 is 35.4. The standard InChI is InChI=1S/C22H19ClN4O3S/c1-15-5-10-19(13-20(15)23)31(28,29)26-17-6-8-18(9-7-17)30-22-14-21(24-16(2)25-22)27-11-3-4-12-27/h3-14,26H,1-2H3. The summed E-state index contributed by atoms with van der Waals surface area (Å²) in [6.07, 6.45) is 3.77. The molecule has 2 aromatic carbocycles. The Hall–Kier alpha value is -3.36. The molecule has 0 saturated carbocycles. The summed E-state index contributed by atoms with van der Waals surface area (Å²) >= 11 is 6.05. The number of ether oxygens (including phenoxy) is 1. The van der Waals surface area contributed by atoms with Crippen LogP contribution in [0.4, 0.5) is 5.69 Å². The smallest absolute Gasteiger partial charge is 0.261 e. The number of halogens is 1. The lowest BCUT2D eigenvalue weighted by atomic mass is 10.2. The molecule has 2 heterocycles. The van der Waals surface area contributed by atoms with Crippen LogP contribution in [0.25, 0.3) is 5.82 Å². The molecule has 9 heteroatoms. The summed E-state index contributed by atoms with van der Waals surface area (Å²) in [7, 11) is -3.76. The van der Waals surface area contributed by atoms with Crippen LogP contribution in [0, 0.1) is 13.8 Å². The number of hydrogen-bond donors (Lipinski definition) is 1. The van der Waals surface area contributed by atoms with E-state index in [0.717, 1.165) is 5.56 Å². The lowest BCUT2D eigenvalue weighted by molar-refractivity contribution is 0.459. The molecule has 2 aromatic heterocycles. The van der Waals surface area contributed by atoms with Crippen molar-refractivity contribution in [2.24, 2.45) is 0 Å². The van der Waals surface area contributed by atoms with Gasteiger partial charge < -0.3 is 9.30 Å². The summed E-state index contributed by atoms with van der Waals surface area (Å²) in [6, 6.07) is 16.7. The predicted octanol–water partition coefficient (Wildman–Crippen LogP) is 5.13. The average Bonchev–Trinajstić information content (AvgIpc) is 3.26. The molecule has 7 nitrogen and oxygen atoms in total. The molecule has 31 heavy (non-hydrogen) atoms. The maximum atomic E-state index is 12.6. The van der Waals surface area contributed by atoms with Gasteiger partial charge in [0.25, 0.3) is 10.0 Å². The molecule has 0 amide bonds. The van der Waals surface area contributed by atoms with Crippen LogP contribution in [0.3, 0.4) is 0 Å². The molecule has 0 atom stereocenters. The highest BCUT2D eigenvalue weighted by Gasteiger charge is 2.15. The van der Waals surface area contributed by atoms with E-state index in [0.29, 0.717) is 34.0 Å². The lowest BCUT2D eigenvalue weighted by Crippen LogP contribution is -2.13. The molecule has 0 saturated heterocycles. The largest absolute Gasteiger partial charge is 0.439 e. The zero-order chi connectivity index (χ0) is 22.0. The van der Waals surface area contributed by atoms with E-state index in [-0.39, 0.29) is 4.90 Å². The van der Waals surface area contributed by atoms with Crippen LogP contribution < -0.4 is 9.46 Å². The minimum Gasteiger partial charge on any atom is -0.439 e. The molecular weight excluding hydrogens is 436 g/mol. The van der Waals surface area contributed by atoms with Crippen molar-refractivity contribution < 1.29 is 13.2 Å². The van der Waals surface area contributed by atoms with Gasteiger partial charge in [-0.1, -0.05) is 17.7 Å². The van der Waals surface area contributed by atoms with E-state index in [9.17, 15) is 8.42 Å². The minimum atomic E-state index is -3.76. The van der Waals surface area contributed by atoms with Crippen LogP contribution >= 0.6 is 11.6 Å². The zero-order valence-electron chi connectivity index (χ0n) is 16.8. The predicted molar refractivity (Wildman–Crippen MR) is 120 cm³/mol. The van der Waals surface area contributed by atoms with Gasteiger partial charge in [0, 0.05) is 29.2 Å². The number of benzene rings is 2. The molecule has 0 aliphatic carbocycles. The highest BCUT2D eigenvalue weighted by atomic mass is 35.5. The van der Waals surface area contributed by atoms with Crippen LogP contribution in [-0.4, -0.2) is 23.0 Å². The minimum absolute atomic E-state index is 0.0948. The Morgan fingerprint density at radius 2 is 1.68 bits per heavy atom. The molecule has 1 N–H and O–H groups in total. The van der Waals surface area contributed by atoms with Crippen LogP contribution in [0.2, 0.25) is 5.02 Å². The van der Waals surface area contributed by atoms with Gasteiger partial charge in [0.1, 0.15) is 17.4 Å². The fourth-order valence-corrected chi connectivity index (χ4v) is 4.19. The molecule has 0 unspecified atom stereocenters. The highest BCUT2D eigenvalue weighted by molar-refractivity contribution is 7.92. The first kappa shape index (κ1) is 20.9. The second kappa shape index (κ2) is 8.41. The van der Waals surface area contributed by atoms with E-state index >= 15 is 0 Å². The van der Waals surface area contributed by atoms with Gasteiger partial charge in [-0.3, -0.25) is 4.72 Å². The number of nitrogens with zero attached hydrogens (tertiary/aromatic N) is 3. The number of aryl methyl sites for hydroxylation is 2. The third-order valence-electron chi connectivity index (χ3n) is 4.45. The Bertz CT molecular complexity index is 1320. The van der Waals surface area contributed by atoms with Gasteiger partial charge in [-0.2, -0.15) is 4.98 Å². The molecule has 158 valence electrons. The van der Waals surface area contributed by atoms with Crippen LogP contribution in [0.1, 0.15) is 11.4 Å². The Balaban J connectivity index is 1.50. The quantitative estimate of drug-likeness (QED) is 0.436. The van der Waals surface area contributed by atoms with Crippen LogP contribution in [-0.2, 0) is 10.0 Å². The summed E-state index contributed by atoms with van der Waals surface area (Å²) in [5, 5.41) is 0.394. The fourth-order valence-electron chi connectivity index (χ4n) is 2.86. The maximum absolute atomic E-state index is 12.6. The zero-order valence-corrected chi connectivity index (χ0v) is 18.4. The number of rotatable bonds is 6. The second-order valence-electron chi connectivity index (χ2n) is 6.84. The van der Waals surface area contributed by atoms with Crippen molar-refractivity contribution >= 4 is 27.3 Å². The summed E-state index contributed by atoms with van der Waals surface area (Å²) in [6.45, 7) is 3.60. The van der Waals surface area contributed by atoms with Gasteiger partial charge in [0.05, 0.1) is 4.90 Å². The number of nitrogens with one attached hydrogen (secondary N) is 1. The van der Waals surface area contributed by atoms with Gasteiger partial charge in [0.2, 0.25) is 5.88 Å². The Morgan fingerprint density at radius 3 is 2.35 bits per heavy atom. The Labute approximate surface area is 185 Å². The van der Waals surface area contributed by atoms with Crippen molar-refractivity contribution in [3.8, 4) is 17.4 Å². The lowest BCUT2D eigenvalue weighted by Gasteiger charge is -2.11. The first-order valence-electron chi connectivity index (χ1n) is 9.36. The molecule has 4 aromatic rings. The van der Waals surface area contributed by atoms with Crippen molar-refractivity contribution in [2.75, 3.05) is 4.72 Å². The van der Waals surface area contributed by atoms with Crippen molar-refractivity contribution in [2.45, 2.75) is 18.7 Å². The average molecular weight is 455 g/mol. The topological polar surface area (TPSA) is 86.1 Å². The molecular formula is C22H19ClN4O3S. The van der Waals surface area contributed by atoms with Gasteiger partial charge in [-0.15, -0.1) is 0 Å². The molecule has 0 aliphatic heterocycles. The second-order valence-corrected chi connectivity index (χ2v) is 8.93. The molecule has 0 radical (unpaired) electrons. The summed E-state index contributed by atoms with van der Waals surface area (Å²) in [5.41, 5.74) is 1.21. The molecule has 4 rings (SSSR count). The third-order valence-corrected chi connectivity index (χ3v) is 6.24. The van der Waals surface area contributed by atoms with Gasteiger partial charge in [-0.05, 0) is 67.9 Å². The van der Waals surface area contributed by atoms with E-state index in [1.165, 1.54) is 12.1 Å². The molecule has 0 spiro atoms. The van der Waals surface area contributed by atoms with Crippen molar-refractivity contribution in [3.63, 3.8) is 0 Å². The number of aromatic nitrogens is 3. The first-order chi connectivity index (χ1) is 14.8. The van der Waals surface area contributed by atoms with E-state index < -0.39 is 10.0 Å². The first-order valence-corrected chi connectivity index (χ1v) is 11.2. The van der Waals surface area contributed by atoms with Gasteiger partial charge >= 0.3 is 0 Å². The maximum Gasteiger partial charge on any atom is 0.261 e. The normalized spacial score (nSPS) is 11.3. The van der Waals surface area contributed by atoms with Gasteiger partial charge in [0.15, 0.2) is 0 Å². The highest BCUT2D eigenvalue weighted by Crippen LogP contribution is 2.25. The molecule has 0 fully saturated rings. The summed E-state index contributed by atoms with van der Waals surface area (Å²) in [5.74, 6) is 2.16. The van der Waals surface area contributed by atoms with Crippen molar-refractivity contribution in [3.05, 3.63) is 89.5 Å². The third kappa shape index (κ3) is 4.87. The number of hydrogen-bond acceptors (Lipinski definition) is 5. The van der Waals surface area contributed by atoms with Gasteiger partial charge in [-0.25, -0.2) is 13.4 Å². The van der Waals surface area contributed by atoms with E-state index in [1.54, 1.807) is 43.3 Å². The monoisotopic (exact) mass is 454 g/mol. The molecule has 0 bridgehead atoms. The van der Waals surface area contributed by atoms with Crippen LogP contribution in [0.15, 0.2) is 78.0 Å². The van der Waals surface area contributed by atoms with Crippen molar-refractivity contribution in [1.29, 1.82) is 0 Å². The number of sulfonamides is 1. The SMILES string of the molecule is Cc1nc(Oc2ccc(NS(=O)(=O)c3ccc(C)c(Cl)c3)cc2)cc(-n2cccc2)n1. The van der Waals surface area contributed by atoms with E-state index in [4.69, 9.17) is 16.3 Å². The Kier molecular flexibility index (Phi) is 5.67. The van der Waals surface area contributed by atoms with E-state index in [1.807, 2.05) is 36.0 Å². The Morgan fingerprint density at radius 1 is 0.968 bits per heavy atom. The fraction of sp³-hybridized carbons (Fsp3) is 0.0909. The number of anilines is 1. The summed E-state index contributed by atoms with van der Waals surface area (Å²) in [4.78, 5) is 8.80. The van der Waals surface area contributed by atoms with Crippen LogP contribution in [0.5, 0.6) is 11.6 Å². The van der Waals surface area contributed by atoms with Crippen molar-refractivity contribution in [1.82, 2.24) is 14.5 Å².